The summed E-state index contributed by atoms with van der Waals surface area (Å²) in [5.41, 5.74) is 2.36. The molecule has 0 unspecified atom stereocenters. The summed E-state index contributed by atoms with van der Waals surface area (Å²) in [5, 5.41) is 9.12. The van der Waals surface area contributed by atoms with Crippen molar-refractivity contribution in [2.75, 3.05) is 11.9 Å². The van der Waals surface area contributed by atoms with Crippen LogP contribution in [-0.2, 0) is 5.88 Å². The fourth-order valence-corrected chi connectivity index (χ4v) is 2.25. The lowest BCUT2D eigenvalue weighted by atomic mass is 10.1. The van der Waals surface area contributed by atoms with Crippen LogP contribution in [0.2, 0.25) is 0 Å². The zero-order valence-corrected chi connectivity index (χ0v) is 11.2. The molecule has 0 atom stereocenters. The summed E-state index contributed by atoms with van der Waals surface area (Å²) in [6.07, 6.45) is 0. The normalized spacial score (nSPS) is 10.0. The SMILES string of the molecule is CN(c1ccccc1C#N)c1cccc(F)c1CCl. The Hall–Kier alpha value is -2.05. The van der Waals surface area contributed by atoms with Gasteiger partial charge in [-0.15, -0.1) is 11.6 Å². The number of alkyl halides is 1. The first kappa shape index (κ1) is 13.4. The van der Waals surface area contributed by atoms with Gasteiger partial charge in [-0.2, -0.15) is 5.26 Å². The molecule has 0 heterocycles. The van der Waals surface area contributed by atoms with Crippen LogP contribution in [-0.4, -0.2) is 7.05 Å². The van der Waals surface area contributed by atoms with E-state index in [1.807, 2.05) is 12.1 Å². The molecule has 0 N–H and O–H groups in total. The Morgan fingerprint density at radius 2 is 1.84 bits per heavy atom. The van der Waals surface area contributed by atoms with E-state index in [0.717, 1.165) is 5.69 Å². The van der Waals surface area contributed by atoms with Gasteiger partial charge in [-0.25, -0.2) is 4.39 Å². The molecule has 0 radical (unpaired) electrons. The summed E-state index contributed by atoms with van der Waals surface area (Å²) in [6.45, 7) is 0. The maximum Gasteiger partial charge on any atom is 0.129 e. The van der Waals surface area contributed by atoms with Crippen LogP contribution in [0.4, 0.5) is 15.8 Å². The highest BCUT2D eigenvalue weighted by atomic mass is 35.5. The van der Waals surface area contributed by atoms with Crippen LogP contribution >= 0.6 is 11.6 Å². The van der Waals surface area contributed by atoms with Gasteiger partial charge in [0, 0.05) is 18.3 Å². The number of benzene rings is 2. The lowest BCUT2D eigenvalue weighted by Crippen LogP contribution is -2.13. The van der Waals surface area contributed by atoms with Crippen molar-refractivity contribution in [2.24, 2.45) is 0 Å². The van der Waals surface area contributed by atoms with Crippen LogP contribution in [0.3, 0.4) is 0 Å². The molecule has 19 heavy (non-hydrogen) atoms. The summed E-state index contributed by atoms with van der Waals surface area (Å²) < 4.78 is 13.7. The molecule has 0 saturated carbocycles. The topological polar surface area (TPSA) is 27.0 Å². The average Bonchev–Trinajstić information content (AvgIpc) is 2.46. The quantitative estimate of drug-likeness (QED) is 0.784. The fraction of sp³-hybridized carbons (Fsp3) is 0.133. The molecule has 0 bridgehead atoms. The van der Waals surface area contributed by atoms with E-state index < -0.39 is 0 Å². The van der Waals surface area contributed by atoms with Gasteiger partial charge in [0.25, 0.3) is 0 Å². The molecule has 0 aliphatic carbocycles. The van der Waals surface area contributed by atoms with Crippen molar-refractivity contribution in [3.8, 4) is 6.07 Å². The molecule has 2 nitrogen and oxygen atoms in total. The molecule has 0 aliphatic heterocycles. The Bertz CT molecular complexity index is 634. The van der Waals surface area contributed by atoms with Gasteiger partial charge >= 0.3 is 0 Å². The number of nitriles is 1. The smallest absolute Gasteiger partial charge is 0.129 e. The maximum absolute atomic E-state index is 13.7. The van der Waals surface area contributed by atoms with Crippen molar-refractivity contribution in [3.63, 3.8) is 0 Å². The second kappa shape index (κ2) is 5.73. The zero-order chi connectivity index (χ0) is 13.8. The van der Waals surface area contributed by atoms with Gasteiger partial charge in [-0.3, -0.25) is 0 Å². The number of para-hydroxylation sites is 1. The molecule has 0 spiro atoms. The fourth-order valence-electron chi connectivity index (χ4n) is 1.98. The number of anilines is 2. The van der Waals surface area contributed by atoms with E-state index in [4.69, 9.17) is 16.9 Å². The van der Waals surface area contributed by atoms with Crippen molar-refractivity contribution in [1.82, 2.24) is 0 Å². The highest BCUT2D eigenvalue weighted by molar-refractivity contribution is 6.17. The predicted molar refractivity (Wildman–Crippen MR) is 75.2 cm³/mol. The summed E-state index contributed by atoms with van der Waals surface area (Å²) in [6, 6.07) is 14.1. The summed E-state index contributed by atoms with van der Waals surface area (Å²) in [7, 11) is 1.79. The van der Waals surface area contributed by atoms with Crippen LogP contribution in [0.15, 0.2) is 42.5 Å². The van der Waals surface area contributed by atoms with Crippen molar-refractivity contribution in [3.05, 3.63) is 59.4 Å². The molecule has 0 aromatic heterocycles. The number of rotatable bonds is 3. The maximum atomic E-state index is 13.7. The van der Waals surface area contributed by atoms with Crippen LogP contribution in [0.5, 0.6) is 0 Å². The second-order valence-electron chi connectivity index (χ2n) is 4.06. The Kier molecular flexibility index (Phi) is 4.03. The molecule has 0 amide bonds. The molecule has 2 rings (SSSR count). The van der Waals surface area contributed by atoms with E-state index in [0.29, 0.717) is 16.8 Å². The van der Waals surface area contributed by atoms with E-state index in [1.165, 1.54) is 6.07 Å². The van der Waals surface area contributed by atoms with Crippen molar-refractivity contribution in [2.45, 2.75) is 5.88 Å². The third-order valence-electron chi connectivity index (χ3n) is 2.97. The molecule has 2 aromatic rings. The number of hydrogen-bond acceptors (Lipinski definition) is 2. The Balaban J connectivity index is 2.54. The van der Waals surface area contributed by atoms with E-state index >= 15 is 0 Å². The third kappa shape index (κ3) is 2.54. The number of hydrogen-bond donors (Lipinski definition) is 0. The number of nitrogens with zero attached hydrogens (tertiary/aromatic N) is 2. The minimum Gasteiger partial charge on any atom is -0.343 e. The highest BCUT2D eigenvalue weighted by Gasteiger charge is 2.14. The van der Waals surface area contributed by atoms with Gasteiger partial charge in [0.2, 0.25) is 0 Å². The van der Waals surface area contributed by atoms with Crippen LogP contribution in [0.1, 0.15) is 11.1 Å². The first-order valence-corrected chi connectivity index (χ1v) is 6.28. The minimum absolute atomic E-state index is 0.0844. The van der Waals surface area contributed by atoms with Gasteiger partial charge in [-0.05, 0) is 24.3 Å². The van der Waals surface area contributed by atoms with Gasteiger partial charge in [-0.1, -0.05) is 18.2 Å². The van der Waals surface area contributed by atoms with Gasteiger partial charge in [0.15, 0.2) is 0 Å². The second-order valence-corrected chi connectivity index (χ2v) is 4.33. The Morgan fingerprint density at radius 1 is 1.16 bits per heavy atom. The Labute approximate surface area is 116 Å². The molecular formula is C15H12ClFN2. The van der Waals surface area contributed by atoms with Gasteiger partial charge in [0.05, 0.1) is 17.1 Å². The van der Waals surface area contributed by atoms with Gasteiger partial charge < -0.3 is 4.90 Å². The molecule has 2 aromatic carbocycles. The first-order valence-electron chi connectivity index (χ1n) is 5.75. The lowest BCUT2D eigenvalue weighted by Gasteiger charge is -2.23. The average molecular weight is 275 g/mol. The summed E-state index contributed by atoms with van der Waals surface area (Å²) in [4.78, 5) is 1.78. The largest absolute Gasteiger partial charge is 0.343 e. The van der Waals surface area contributed by atoms with E-state index in [-0.39, 0.29) is 11.7 Å². The summed E-state index contributed by atoms with van der Waals surface area (Å²) in [5.74, 6) is -0.255. The molecule has 0 saturated heterocycles. The van der Waals surface area contributed by atoms with Crippen molar-refractivity contribution >= 4 is 23.0 Å². The van der Waals surface area contributed by atoms with E-state index in [9.17, 15) is 4.39 Å². The highest BCUT2D eigenvalue weighted by Crippen LogP contribution is 2.31. The standard InChI is InChI=1S/C15H12ClFN2/c1-19(14-7-3-2-5-11(14)10-18)15-8-4-6-13(17)12(15)9-16/h2-8H,9H2,1H3. The summed E-state index contributed by atoms with van der Waals surface area (Å²) >= 11 is 5.81. The van der Waals surface area contributed by atoms with Crippen molar-refractivity contribution in [1.29, 1.82) is 5.26 Å². The molecule has 4 heteroatoms. The van der Waals surface area contributed by atoms with Crippen molar-refractivity contribution < 1.29 is 4.39 Å². The van der Waals surface area contributed by atoms with Crippen LogP contribution < -0.4 is 4.90 Å². The minimum atomic E-state index is -0.339. The van der Waals surface area contributed by atoms with Gasteiger partial charge in [0.1, 0.15) is 11.9 Å². The zero-order valence-electron chi connectivity index (χ0n) is 10.4. The molecular weight excluding hydrogens is 263 g/mol. The third-order valence-corrected chi connectivity index (χ3v) is 3.24. The van der Waals surface area contributed by atoms with Crippen LogP contribution in [0.25, 0.3) is 0 Å². The molecule has 0 fully saturated rings. The van der Waals surface area contributed by atoms with Crippen LogP contribution in [0, 0.1) is 17.1 Å². The molecule has 0 aliphatic rings. The predicted octanol–water partition coefficient (Wildman–Crippen LogP) is 4.20. The number of halogens is 2. The monoisotopic (exact) mass is 274 g/mol. The molecule has 96 valence electrons. The lowest BCUT2D eigenvalue weighted by molar-refractivity contribution is 0.617. The first-order chi connectivity index (χ1) is 9.19. The van der Waals surface area contributed by atoms with E-state index in [2.05, 4.69) is 6.07 Å². The Morgan fingerprint density at radius 3 is 2.53 bits per heavy atom. The van der Waals surface area contributed by atoms with E-state index in [1.54, 1.807) is 36.2 Å².